The quantitative estimate of drug-likeness (QED) is 0.797. The number of hydrogen-bond donors (Lipinski definition) is 1. The average molecular weight is 319 g/mol. The van der Waals surface area contributed by atoms with Crippen LogP contribution in [0.4, 0.5) is 0 Å². The zero-order valence-electron chi connectivity index (χ0n) is 13.3. The van der Waals surface area contributed by atoms with Crippen LogP contribution in [0.15, 0.2) is 23.5 Å². The van der Waals surface area contributed by atoms with Crippen LogP contribution in [0.3, 0.4) is 0 Å². The van der Waals surface area contributed by atoms with E-state index in [0.717, 1.165) is 18.9 Å². The van der Waals surface area contributed by atoms with E-state index < -0.39 is 0 Å². The zero-order chi connectivity index (χ0) is 16.4. The number of carbonyl (C=O) groups is 1. The van der Waals surface area contributed by atoms with Gasteiger partial charge in [-0.05, 0) is 6.54 Å². The van der Waals surface area contributed by atoms with Crippen LogP contribution in [0.25, 0.3) is 0 Å². The summed E-state index contributed by atoms with van der Waals surface area (Å²) >= 11 is 0. The maximum Gasteiger partial charge on any atom is 0.345 e. The Morgan fingerprint density at radius 2 is 2.26 bits per heavy atom. The molecule has 0 unspecified atom stereocenters. The summed E-state index contributed by atoms with van der Waals surface area (Å²) in [5.74, 6) is 0.762. The highest BCUT2D eigenvalue weighted by Crippen LogP contribution is 2.22. The van der Waals surface area contributed by atoms with Gasteiger partial charge in [-0.2, -0.15) is 5.10 Å². The molecular weight excluding hydrogens is 298 g/mol. The lowest BCUT2D eigenvalue weighted by molar-refractivity contribution is -0.135. The SMILES string of the molecule is CCN1CCN(C(=O)Cn2ncn(C)c2=O)C[C@H]1c1ncc[nH]1. The van der Waals surface area contributed by atoms with Crippen LogP contribution in [0, 0.1) is 0 Å². The van der Waals surface area contributed by atoms with E-state index in [4.69, 9.17) is 0 Å². The van der Waals surface area contributed by atoms with E-state index in [2.05, 4.69) is 26.9 Å². The number of likely N-dealkylation sites (N-methyl/N-ethyl adjacent to an activating group) is 1. The molecule has 0 bridgehead atoms. The average Bonchev–Trinajstić information content (AvgIpc) is 3.20. The molecular formula is C14H21N7O2. The van der Waals surface area contributed by atoms with Crippen LogP contribution in [-0.4, -0.2) is 66.2 Å². The fraction of sp³-hybridized carbons (Fsp3) is 0.571. The molecule has 0 aromatic carbocycles. The third-order valence-corrected chi connectivity index (χ3v) is 4.26. The lowest BCUT2D eigenvalue weighted by Gasteiger charge is -2.40. The summed E-state index contributed by atoms with van der Waals surface area (Å²) in [6.45, 7) is 4.95. The predicted octanol–water partition coefficient (Wildman–Crippen LogP) is -0.790. The molecule has 0 saturated carbocycles. The summed E-state index contributed by atoms with van der Waals surface area (Å²) < 4.78 is 2.55. The summed E-state index contributed by atoms with van der Waals surface area (Å²) in [5.41, 5.74) is -0.284. The summed E-state index contributed by atoms with van der Waals surface area (Å²) in [5, 5.41) is 3.94. The number of H-pyrrole nitrogens is 1. The maximum atomic E-state index is 12.5. The molecule has 1 aliphatic rings. The molecule has 23 heavy (non-hydrogen) atoms. The van der Waals surface area contributed by atoms with E-state index in [9.17, 15) is 9.59 Å². The van der Waals surface area contributed by atoms with Crippen molar-refractivity contribution in [2.45, 2.75) is 19.5 Å². The molecule has 2 aromatic rings. The second-order valence-electron chi connectivity index (χ2n) is 5.64. The van der Waals surface area contributed by atoms with E-state index in [1.54, 1.807) is 24.3 Å². The molecule has 3 heterocycles. The number of nitrogens with one attached hydrogen (secondary N) is 1. The fourth-order valence-corrected chi connectivity index (χ4v) is 2.90. The van der Waals surface area contributed by atoms with E-state index in [1.807, 2.05) is 0 Å². The van der Waals surface area contributed by atoms with Crippen LogP contribution in [0.5, 0.6) is 0 Å². The third-order valence-electron chi connectivity index (χ3n) is 4.26. The first-order valence-electron chi connectivity index (χ1n) is 7.69. The predicted molar refractivity (Wildman–Crippen MR) is 82.6 cm³/mol. The molecule has 1 atom stereocenters. The number of nitrogens with zero attached hydrogens (tertiary/aromatic N) is 6. The van der Waals surface area contributed by atoms with Crippen molar-refractivity contribution in [3.05, 3.63) is 35.0 Å². The number of aromatic amines is 1. The molecule has 0 aliphatic carbocycles. The number of aromatic nitrogens is 5. The van der Waals surface area contributed by atoms with Gasteiger partial charge in [0, 0.05) is 39.1 Å². The maximum absolute atomic E-state index is 12.5. The first-order valence-corrected chi connectivity index (χ1v) is 7.69. The van der Waals surface area contributed by atoms with Crippen molar-refractivity contribution < 1.29 is 4.79 Å². The number of amides is 1. The molecule has 124 valence electrons. The minimum atomic E-state index is -0.284. The molecule has 0 radical (unpaired) electrons. The second kappa shape index (κ2) is 6.37. The highest BCUT2D eigenvalue weighted by atomic mass is 16.2. The van der Waals surface area contributed by atoms with Gasteiger partial charge in [0.05, 0.1) is 6.04 Å². The minimum Gasteiger partial charge on any atom is -0.347 e. The van der Waals surface area contributed by atoms with Crippen LogP contribution in [-0.2, 0) is 18.4 Å². The normalized spacial score (nSPS) is 19.2. The number of carbonyl (C=O) groups excluding carboxylic acids is 1. The van der Waals surface area contributed by atoms with Gasteiger partial charge in [0.1, 0.15) is 18.7 Å². The first kappa shape index (κ1) is 15.5. The summed E-state index contributed by atoms with van der Waals surface area (Å²) in [6, 6.07) is 0.0492. The molecule has 2 aromatic heterocycles. The molecule has 1 fully saturated rings. The Balaban J connectivity index is 1.72. The van der Waals surface area contributed by atoms with E-state index >= 15 is 0 Å². The topological polar surface area (TPSA) is 92.1 Å². The molecule has 1 amide bonds. The van der Waals surface area contributed by atoms with Crippen LogP contribution >= 0.6 is 0 Å². The molecule has 9 nitrogen and oxygen atoms in total. The minimum absolute atomic E-state index is 0.0311. The second-order valence-corrected chi connectivity index (χ2v) is 5.64. The van der Waals surface area contributed by atoms with Crippen LogP contribution < -0.4 is 5.69 Å². The highest BCUT2D eigenvalue weighted by Gasteiger charge is 2.31. The Morgan fingerprint density at radius 1 is 1.43 bits per heavy atom. The van der Waals surface area contributed by atoms with Gasteiger partial charge in [0.15, 0.2) is 0 Å². The van der Waals surface area contributed by atoms with E-state index in [1.165, 1.54) is 15.6 Å². The van der Waals surface area contributed by atoms with Gasteiger partial charge >= 0.3 is 5.69 Å². The Labute approximate surface area is 133 Å². The van der Waals surface area contributed by atoms with Crippen LogP contribution in [0.1, 0.15) is 18.8 Å². The van der Waals surface area contributed by atoms with Gasteiger partial charge in [-0.15, -0.1) is 0 Å². The Hall–Kier alpha value is -2.42. The lowest BCUT2D eigenvalue weighted by Crippen LogP contribution is -2.51. The highest BCUT2D eigenvalue weighted by molar-refractivity contribution is 5.76. The van der Waals surface area contributed by atoms with Gasteiger partial charge < -0.3 is 9.88 Å². The van der Waals surface area contributed by atoms with Crippen molar-refractivity contribution in [3.63, 3.8) is 0 Å². The lowest BCUT2D eigenvalue weighted by atomic mass is 10.1. The Morgan fingerprint density at radius 3 is 2.87 bits per heavy atom. The summed E-state index contributed by atoms with van der Waals surface area (Å²) in [4.78, 5) is 35.8. The van der Waals surface area contributed by atoms with Gasteiger partial charge in [-0.3, -0.25) is 14.3 Å². The van der Waals surface area contributed by atoms with Crippen molar-refractivity contribution in [1.29, 1.82) is 0 Å². The zero-order valence-corrected chi connectivity index (χ0v) is 13.3. The fourth-order valence-electron chi connectivity index (χ4n) is 2.90. The van der Waals surface area contributed by atoms with Crippen molar-refractivity contribution in [1.82, 2.24) is 34.1 Å². The van der Waals surface area contributed by atoms with Gasteiger partial charge in [-0.25, -0.2) is 14.5 Å². The molecule has 3 rings (SSSR count). The van der Waals surface area contributed by atoms with Crippen molar-refractivity contribution >= 4 is 5.91 Å². The summed E-state index contributed by atoms with van der Waals surface area (Å²) in [7, 11) is 1.61. The third kappa shape index (κ3) is 3.04. The Kier molecular flexibility index (Phi) is 4.28. The molecule has 1 saturated heterocycles. The molecule has 1 N–H and O–H groups in total. The molecule has 9 heteroatoms. The van der Waals surface area contributed by atoms with Crippen LogP contribution in [0.2, 0.25) is 0 Å². The summed E-state index contributed by atoms with van der Waals surface area (Å²) in [6.07, 6.45) is 4.92. The largest absolute Gasteiger partial charge is 0.347 e. The number of hydrogen-bond acceptors (Lipinski definition) is 5. The van der Waals surface area contributed by atoms with Crippen molar-refractivity contribution in [2.75, 3.05) is 26.2 Å². The number of aryl methyl sites for hydroxylation is 1. The first-order chi connectivity index (χ1) is 11.1. The van der Waals surface area contributed by atoms with E-state index in [-0.39, 0.29) is 24.2 Å². The number of rotatable bonds is 4. The standard InChI is InChI=1S/C14H21N7O2/c1-3-19-6-7-20(8-11(19)13-15-4-5-16-13)12(22)9-21-14(23)18(2)10-17-21/h4-5,10-11H,3,6-9H2,1-2H3,(H,15,16)/t11-/m0/s1. The number of imidazole rings is 1. The van der Waals surface area contributed by atoms with Gasteiger partial charge in [0.2, 0.25) is 5.91 Å². The van der Waals surface area contributed by atoms with Gasteiger partial charge in [0.25, 0.3) is 0 Å². The number of piperazine rings is 1. The van der Waals surface area contributed by atoms with Gasteiger partial charge in [-0.1, -0.05) is 6.92 Å². The van der Waals surface area contributed by atoms with Crippen molar-refractivity contribution in [3.8, 4) is 0 Å². The monoisotopic (exact) mass is 319 g/mol. The van der Waals surface area contributed by atoms with Crippen molar-refractivity contribution in [2.24, 2.45) is 7.05 Å². The Bertz CT molecular complexity index is 718. The smallest absolute Gasteiger partial charge is 0.345 e. The molecule has 1 aliphatic heterocycles. The van der Waals surface area contributed by atoms with E-state index in [0.29, 0.717) is 13.1 Å². The molecule has 0 spiro atoms.